The van der Waals surface area contributed by atoms with Gasteiger partial charge in [-0.15, -0.1) is 0 Å². The van der Waals surface area contributed by atoms with Crippen LogP contribution in [0.2, 0.25) is 0 Å². The van der Waals surface area contributed by atoms with E-state index in [-0.39, 0.29) is 11.4 Å². The molecule has 1 rings (SSSR count). The van der Waals surface area contributed by atoms with Crippen LogP contribution >= 0.6 is 0 Å². The highest BCUT2D eigenvalue weighted by Crippen LogP contribution is 2.15. The lowest BCUT2D eigenvalue weighted by Crippen LogP contribution is -2.24. The minimum absolute atomic E-state index is 0.0847. The molecule has 0 spiro atoms. The number of nitriles is 1. The molecule has 0 fully saturated rings. The standard InChI is InChI=1S/C13H18N2O3/c1-3-5-10-8-12(16)15(6-4-7-18-2)13(17)11(10)9-14/h8,16H,3-7H2,1-2H3. The largest absolute Gasteiger partial charge is 0.494 e. The minimum atomic E-state index is -0.419. The van der Waals surface area contributed by atoms with Crippen LogP contribution in [-0.2, 0) is 17.7 Å². The van der Waals surface area contributed by atoms with E-state index in [1.54, 1.807) is 7.11 Å². The van der Waals surface area contributed by atoms with Crippen LogP contribution in [0.15, 0.2) is 10.9 Å². The number of aromatic nitrogens is 1. The van der Waals surface area contributed by atoms with Crippen LogP contribution in [0.5, 0.6) is 5.88 Å². The molecule has 0 bridgehead atoms. The Balaban J connectivity index is 3.14. The Hall–Kier alpha value is -1.80. The predicted octanol–water partition coefficient (Wildman–Crippen LogP) is 1.41. The summed E-state index contributed by atoms with van der Waals surface area (Å²) in [7, 11) is 1.58. The molecule has 0 atom stereocenters. The van der Waals surface area contributed by atoms with Crippen LogP contribution < -0.4 is 5.56 Å². The van der Waals surface area contributed by atoms with Crippen molar-refractivity contribution >= 4 is 0 Å². The number of rotatable bonds is 6. The van der Waals surface area contributed by atoms with Crippen molar-refractivity contribution in [1.29, 1.82) is 5.26 Å². The number of hydrogen-bond donors (Lipinski definition) is 1. The monoisotopic (exact) mass is 250 g/mol. The van der Waals surface area contributed by atoms with Crippen molar-refractivity contribution in [1.82, 2.24) is 4.57 Å². The number of ether oxygens (including phenoxy) is 1. The third-order valence-corrected chi connectivity index (χ3v) is 2.72. The van der Waals surface area contributed by atoms with Gasteiger partial charge in [0, 0.05) is 26.3 Å². The Bertz CT molecular complexity index is 500. The first kappa shape index (κ1) is 14.3. The van der Waals surface area contributed by atoms with Crippen molar-refractivity contribution in [3.05, 3.63) is 27.5 Å². The highest BCUT2D eigenvalue weighted by atomic mass is 16.5. The topological polar surface area (TPSA) is 75.2 Å². The summed E-state index contributed by atoms with van der Waals surface area (Å²) in [5.41, 5.74) is 0.328. The maximum Gasteiger partial charge on any atom is 0.271 e. The van der Waals surface area contributed by atoms with Gasteiger partial charge in [-0.1, -0.05) is 13.3 Å². The van der Waals surface area contributed by atoms with E-state index >= 15 is 0 Å². The molecule has 0 aromatic carbocycles. The molecule has 0 radical (unpaired) electrons. The second kappa shape index (κ2) is 6.82. The summed E-state index contributed by atoms with van der Waals surface area (Å²) >= 11 is 0. The smallest absolute Gasteiger partial charge is 0.271 e. The van der Waals surface area contributed by atoms with E-state index in [0.29, 0.717) is 31.6 Å². The molecule has 5 heteroatoms. The van der Waals surface area contributed by atoms with Crippen molar-refractivity contribution in [3.8, 4) is 11.9 Å². The first-order chi connectivity index (χ1) is 8.65. The van der Waals surface area contributed by atoms with Crippen molar-refractivity contribution < 1.29 is 9.84 Å². The Labute approximate surface area is 106 Å². The zero-order chi connectivity index (χ0) is 13.5. The zero-order valence-corrected chi connectivity index (χ0v) is 10.8. The average molecular weight is 250 g/mol. The van der Waals surface area contributed by atoms with E-state index in [1.807, 2.05) is 13.0 Å². The molecule has 1 N–H and O–H groups in total. The van der Waals surface area contributed by atoms with Crippen molar-refractivity contribution in [2.24, 2.45) is 0 Å². The van der Waals surface area contributed by atoms with Gasteiger partial charge in [-0.25, -0.2) is 0 Å². The maximum absolute atomic E-state index is 12.1. The number of methoxy groups -OCH3 is 1. The molecule has 0 aliphatic rings. The summed E-state index contributed by atoms with van der Waals surface area (Å²) in [4.78, 5) is 12.1. The molecule has 0 unspecified atom stereocenters. The first-order valence-corrected chi connectivity index (χ1v) is 6.00. The van der Waals surface area contributed by atoms with Crippen LogP contribution in [0, 0.1) is 11.3 Å². The van der Waals surface area contributed by atoms with Crippen LogP contribution in [0.1, 0.15) is 30.9 Å². The van der Waals surface area contributed by atoms with E-state index in [0.717, 1.165) is 6.42 Å². The van der Waals surface area contributed by atoms with Crippen LogP contribution in [0.3, 0.4) is 0 Å². The number of hydrogen-bond acceptors (Lipinski definition) is 4. The van der Waals surface area contributed by atoms with Gasteiger partial charge in [0.15, 0.2) is 5.88 Å². The molecular formula is C13H18N2O3. The van der Waals surface area contributed by atoms with Crippen molar-refractivity contribution in [2.75, 3.05) is 13.7 Å². The molecule has 0 saturated carbocycles. The molecule has 18 heavy (non-hydrogen) atoms. The molecular weight excluding hydrogens is 232 g/mol. The Kier molecular flexibility index (Phi) is 5.40. The second-order valence-electron chi connectivity index (χ2n) is 4.07. The molecule has 0 aliphatic carbocycles. The van der Waals surface area contributed by atoms with Gasteiger partial charge in [-0.05, 0) is 18.4 Å². The Morgan fingerprint density at radius 1 is 1.56 bits per heavy atom. The lowest BCUT2D eigenvalue weighted by Gasteiger charge is -2.11. The quantitative estimate of drug-likeness (QED) is 0.775. The number of aryl methyl sites for hydroxylation is 1. The third-order valence-electron chi connectivity index (χ3n) is 2.72. The fraction of sp³-hybridized carbons (Fsp3) is 0.538. The Morgan fingerprint density at radius 2 is 2.28 bits per heavy atom. The Morgan fingerprint density at radius 3 is 2.83 bits per heavy atom. The highest BCUT2D eigenvalue weighted by molar-refractivity contribution is 5.38. The van der Waals surface area contributed by atoms with Gasteiger partial charge in [-0.3, -0.25) is 9.36 Å². The lowest BCUT2D eigenvalue weighted by molar-refractivity contribution is 0.188. The summed E-state index contributed by atoms with van der Waals surface area (Å²) in [6.45, 7) is 2.81. The molecule has 1 heterocycles. The first-order valence-electron chi connectivity index (χ1n) is 6.00. The van der Waals surface area contributed by atoms with Gasteiger partial charge in [-0.2, -0.15) is 5.26 Å². The SMILES string of the molecule is CCCc1cc(O)n(CCCOC)c(=O)c1C#N. The normalized spacial score (nSPS) is 10.3. The maximum atomic E-state index is 12.1. The van der Waals surface area contributed by atoms with Crippen LogP contribution in [-0.4, -0.2) is 23.4 Å². The third kappa shape index (κ3) is 3.11. The average Bonchev–Trinajstić information content (AvgIpc) is 2.34. The van der Waals surface area contributed by atoms with Gasteiger partial charge in [0.25, 0.3) is 5.56 Å². The lowest BCUT2D eigenvalue weighted by atomic mass is 10.1. The number of aromatic hydroxyl groups is 1. The molecule has 98 valence electrons. The van der Waals surface area contributed by atoms with E-state index in [1.165, 1.54) is 10.6 Å². The summed E-state index contributed by atoms with van der Waals surface area (Å²) < 4.78 is 6.12. The van der Waals surface area contributed by atoms with E-state index in [9.17, 15) is 9.90 Å². The van der Waals surface area contributed by atoms with Gasteiger partial charge >= 0.3 is 0 Å². The number of pyridine rings is 1. The van der Waals surface area contributed by atoms with Gasteiger partial charge in [0.1, 0.15) is 11.6 Å². The fourth-order valence-corrected chi connectivity index (χ4v) is 1.85. The van der Waals surface area contributed by atoms with Gasteiger partial charge in [0.2, 0.25) is 0 Å². The molecule has 1 aromatic rings. The molecule has 1 aromatic heterocycles. The molecule has 0 saturated heterocycles. The van der Waals surface area contributed by atoms with Gasteiger partial charge < -0.3 is 9.84 Å². The molecule has 0 aliphatic heterocycles. The second-order valence-corrected chi connectivity index (χ2v) is 4.07. The van der Waals surface area contributed by atoms with Gasteiger partial charge in [0.05, 0.1) is 0 Å². The van der Waals surface area contributed by atoms with Crippen molar-refractivity contribution in [3.63, 3.8) is 0 Å². The fourth-order valence-electron chi connectivity index (χ4n) is 1.85. The summed E-state index contributed by atoms with van der Waals surface area (Å²) in [6, 6.07) is 3.44. The molecule has 0 amide bonds. The summed E-state index contributed by atoms with van der Waals surface area (Å²) in [6.07, 6.45) is 2.05. The van der Waals surface area contributed by atoms with Crippen LogP contribution in [0.25, 0.3) is 0 Å². The van der Waals surface area contributed by atoms with E-state index in [4.69, 9.17) is 10.00 Å². The summed E-state index contributed by atoms with van der Waals surface area (Å²) in [5.74, 6) is -0.0847. The predicted molar refractivity (Wildman–Crippen MR) is 67.6 cm³/mol. The van der Waals surface area contributed by atoms with Crippen LogP contribution in [0.4, 0.5) is 0 Å². The molecule has 5 nitrogen and oxygen atoms in total. The highest BCUT2D eigenvalue weighted by Gasteiger charge is 2.13. The van der Waals surface area contributed by atoms with Crippen molar-refractivity contribution in [2.45, 2.75) is 32.7 Å². The number of nitrogens with zero attached hydrogens (tertiary/aromatic N) is 2. The minimum Gasteiger partial charge on any atom is -0.494 e. The zero-order valence-electron chi connectivity index (χ0n) is 10.8. The van der Waals surface area contributed by atoms with E-state index < -0.39 is 5.56 Å². The summed E-state index contributed by atoms with van der Waals surface area (Å²) in [5, 5.41) is 18.9. The van der Waals surface area contributed by atoms with E-state index in [2.05, 4.69) is 0 Å².